The molecule has 19 heavy (non-hydrogen) atoms. The van der Waals surface area contributed by atoms with E-state index in [1.807, 2.05) is 11.5 Å². The van der Waals surface area contributed by atoms with Gasteiger partial charge in [0, 0.05) is 20.1 Å². The molecule has 1 unspecified atom stereocenters. The van der Waals surface area contributed by atoms with Gasteiger partial charge in [-0.3, -0.25) is 4.79 Å². The van der Waals surface area contributed by atoms with Crippen LogP contribution in [0.4, 0.5) is 4.79 Å². The molecule has 7 heteroatoms. The summed E-state index contributed by atoms with van der Waals surface area (Å²) in [6.07, 6.45) is 0.892. The molecule has 1 aromatic rings. The molecule has 1 saturated heterocycles. The number of carboxylic acid groups (broad SMARTS) is 1. The molecule has 0 spiro atoms. The highest BCUT2D eigenvalue weighted by Crippen LogP contribution is 2.31. The Bertz CT molecular complexity index is 547. The molecule has 3 heterocycles. The summed E-state index contributed by atoms with van der Waals surface area (Å²) in [6.45, 7) is 3.34. The first-order valence-corrected chi connectivity index (χ1v) is 6.28. The number of hydrogen-bond donors (Lipinski definition) is 1. The Morgan fingerprint density at radius 3 is 2.79 bits per heavy atom. The number of nitrogens with zero attached hydrogens (tertiary/aromatic N) is 4. The summed E-state index contributed by atoms with van der Waals surface area (Å²) in [5, 5.41) is 8.85. The Labute approximate surface area is 110 Å². The van der Waals surface area contributed by atoms with E-state index in [4.69, 9.17) is 5.11 Å². The van der Waals surface area contributed by atoms with Crippen LogP contribution in [0.2, 0.25) is 0 Å². The van der Waals surface area contributed by atoms with Crippen LogP contribution in [0, 0.1) is 0 Å². The molecule has 1 fully saturated rings. The third-order valence-corrected chi connectivity index (χ3v) is 3.94. The highest BCUT2D eigenvalue weighted by atomic mass is 16.4. The zero-order chi connectivity index (χ0) is 13.7. The third kappa shape index (κ3) is 1.68. The van der Waals surface area contributed by atoms with Gasteiger partial charge in [-0.1, -0.05) is 0 Å². The lowest BCUT2D eigenvalue weighted by Gasteiger charge is -2.38. The van der Waals surface area contributed by atoms with Crippen molar-refractivity contribution in [2.45, 2.75) is 25.4 Å². The van der Waals surface area contributed by atoms with Crippen LogP contribution in [0.3, 0.4) is 0 Å². The minimum absolute atomic E-state index is 0.0705. The lowest BCUT2D eigenvalue weighted by Crippen LogP contribution is -2.49. The molecule has 0 saturated carbocycles. The SMILES string of the molecule is CC1C(=O)N(C)Cc2cnc(C3CN(C(=O)O)C3)n21. The number of carbonyl (C=O) groups is 2. The summed E-state index contributed by atoms with van der Waals surface area (Å²) < 4.78 is 1.96. The summed E-state index contributed by atoms with van der Waals surface area (Å²) in [5.41, 5.74) is 1.01. The van der Waals surface area contributed by atoms with Crippen molar-refractivity contribution in [1.29, 1.82) is 0 Å². The van der Waals surface area contributed by atoms with Crippen LogP contribution in [0.1, 0.15) is 30.4 Å². The second-order valence-electron chi connectivity index (χ2n) is 5.23. The topological polar surface area (TPSA) is 78.7 Å². The molecule has 0 aromatic carbocycles. The van der Waals surface area contributed by atoms with E-state index < -0.39 is 6.09 Å². The monoisotopic (exact) mass is 264 g/mol. The molecule has 102 valence electrons. The van der Waals surface area contributed by atoms with Gasteiger partial charge in [0.2, 0.25) is 5.91 Å². The Morgan fingerprint density at radius 2 is 2.16 bits per heavy atom. The van der Waals surface area contributed by atoms with Gasteiger partial charge in [-0.25, -0.2) is 9.78 Å². The molecule has 2 aliphatic rings. The Balaban J connectivity index is 1.87. The number of aromatic nitrogens is 2. The van der Waals surface area contributed by atoms with Crippen LogP contribution in [0.15, 0.2) is 6.20 Å². The van der Waals surface area contributed by atoms with Gasteiger partial charge < -0.3 is 19.5 Å². The molecule has 3 rings (SSSR count). The Hall–Kier alpha value is -2.05. The number of fused-ring (bicyclic) bond motifs is 1. The molecule has 2 aliphatic heterocycles. The van der Waals surface area contributed by atoms with E-state index in [9.17, 15) is 9.59 Å². The summed E-state index contributed by atoms with van der Waals surface area (Å²) in [5.74, 6) is 1.01. The van der Waals surface area contributed by atoms with Crippen molar-refractivity contribution in [3.05, 3.63) is 17.7 Å². The van der Waals surface area contributed by atoms with Crippen LogP contribution < -0.4 is 0 Å². The molecule has 1 N–H and O–H groups in total. The van der Waals surface area contributed by atoms with Crippen molar-refractivity contribution in [1.82, 2.24) is 19.4 Å². The number of hydrogen-bond acceptors (Lipinski definition) is 3. The lowest BCUT2D eigenvalue weighted by atomic mass is 9.99. The normalized spacial score (nSPS) is 23.3. The molecular weight excluding hydrogens is 248 g/mol. The van der Waals surface area contributed by atoms with E-state index in [-0.39, 0.29) is 17.9 Å². The second-order valence-corrected chi connectivity index (χ2v) is 5.23. The average molecular weight is 264 g/mol. The third-order valence-electron chi connectivity index (χ3n) is 3.94. The summed E-state index contributed by atoms with van der Waals surface area (Å²) in [4.78, 5) is 30.2. The fourth-order valence-corrected chi connectivity index (χ4v) is 2.83. The fourth-order valence-electron chi connectivity index (χ4n) is 2.83. The zero-order valence-electron chi connectivity index (χ0n) is 10.9. The van der Waals surface area contributed by atoms with E-state index in [0.717, 1.165) is 11.5 Å². The number of imidazole rings is 1. The smallest absolute Gasteiger partial charge is 0.407 e. The predicted molar refractivity (Wildman–Crippen MR) is 65.8 cm³/mol. The second kappa shape index (κ2) is 3.97. The summed E-state index contributed by atoms with van der Waals surface area (Å²) >= 11 is 0. The quantitative estimate of drug-likeness (QED) is 0.800. The zero-order valence-corrected chi connectivity index (χ0v) is 10.9. The van der Waals surface area contributed by atoms with Crippen molar-refractivity contribution in [3.63, 3.8) is 0 Å². The van der Waals surface area contributed by atoms with Crippen LogP contribution in [-0.2, 0) is 11.3 Å². The van der Waals surface area contributed by atoms with Crippen molar-refractivity contribution >= 4 is 12.0 Å². The first-order valence-electron chi connectivity index (χ1n) is 6.28. The highest BCUT2D eigenvalue weighted by molar-refractivity contribution is 5.81. The van der Waals surface area contributed by atoms with E-state index in [2.05, 4.69) is 4.98 Å². The standard InChI is InChI=1S/C12H16N4O3/c1-7-11(17)14(2)6-9-3-13-10(16(7)9)8-4-15(5-8)12(18)19/h3,7-8H,4-6H2,1-2H3,(H,18,19). The molecule has 1 atom stereocenters. The minimum atomic E-state index is -0.898. The van der Waals surface area contributed by atoms with Crippen molar-refractivity contribution in [2.75, 3.05) is 20.1 Å². The van der Waals surface area contributed by atoms with Crippen LogP contribution in [0.5, 0.6) is 0 Å². The van der Waals surface area contributed by atoms with Crippen LogP contribution >= 0.6 is 0 Å². The molecule has 0 radical (unpaired) electrons. The summed E-state index contributed by atoms with van der Waals surface area (Å²) in [7, 11) is 1.78. The van der Waals surface area contributed by atoms with E-state index >= 15 is 0 Å². The largest absolute Gasteiger partial charge is 0.465 e. The Morgan fingerprint density at radius 1 is 1.47 bits per heavy atom. The van der Waals surface area contributed by atoms with Gasteiger partial charge in [-0.05, 0) is 6.92 Å². The van der Waals surface area contributed by atoms with Crippen molar-refractivity contribution < 1.29 is 14.7 Å². The van der Waals surface area contributed by atoms with Crippen LogP contribution in [-0.4, -0.2) is 56.6 Å². The number of likely N-dealkylation sites (N-methyl/N-ethyl adjacent to an activating group) is 1. The molecule has 2 amide bonds. The molecule has 1 aromatic heterocycles. The summed E-state index contributed by atoms with van der Waals surface area (Å²) in [6, 6.07) is -0.259. The first kappa shape index (κ1) is 12.0. The van der Waals surface area contributed by atoms with Gasteiger partial charge in [0.1, 0.15) is 11.9 Å². The van der Waals surface area contributed by atoms with Gasteiger partial charge in [-0.2, -0.15) is 0 Å². The van der Waals surface area contributed by atoms with Gasteiger partial charge >= 0.3 is 6.09 Å². The fraction of sp³-hybridized carbons (Fsp3) is 0.583. The van der Waals surface area contributed by atoms with Gasteiger partial charge in [0.25, 0.3) is 0 Å². The van der Waals surface area contributed by atoms with Gasteiger partial charge in [0.15, 0.2) is 0 Å². The predicted octanol–water partition coefficient (Wildman–Crippen LogP) is 0.493. The van der Waals surface area contributed by atoms with Crippen LogP contribution in [0.25, 0.3) is 0 Å². The maximum Gasteiger partial charge on any atom is 0.407 e. The number of likely N-dealkylation sites (tertiary alicyclic amines) is 1. The number of amides is 2. The molecule has 0 bridgehead atoms. The highest BCUT2D eigenvalue weighted by Gasteiger charge is 2.38. The van der Waals surface area contributed by atoms with Gasteiger partial charge in [0.05, 0.1) is 24.4 Å². The van der Waals surface area contributed by atoms with E-state index in [0.29, 0.717) is 19.6 Å². The average Bonchev–Trinajstić information content (AvgIpc) is 2.67. The number of carbonyl (C=O) groups excluding carboxylic acids is 1. The van der Waals surface area contributed by atoms with Gasteiger partial charge in [-0.15, -0.1) is 0 Å². The minimum Gasteiger partial charge on any atom is -0.465 e. The van der Waals surface area contributed by atoms with Crippen molar-refractivity contribution in [3.8, 4) is 0 Å². The lowest BCUT2D eigenvalue weighted by molar-refractivity contribution is -0.135. The van der Waals surface area contributed by atoms with E-state index in [1.165, 1.54) is 4.90 Å². The Kier molecular flexibility index (Phi) is 2.51. The number of rotatable bonds is 1. The van der Waals surface area contributed by atoms with Crippen molar-refractivity contribution in [2.24, 2.45) is 0 Å². The molecule has 7 nitrogen and oxygen atoms in total. The molecular formula is C12H16N4O3. The molecule has 0 aliphatic carbocycles. The maximum atomic E-state index is 12.0. The first-order chi connectivity index (χ1) is 8.99. The maximum absolute atomic E-state index is 12.0. The van der Waals surface area contributed by atoms with E-state index in [1.54, 1.807) is 18.1 Å².